The average Bonchev–Trinajstić information content (AvgIpc) is 2.38. The van der Waals surface area contributed by atoms with Crippen molar-refractivity contribution in [3.05, 3.63) is 12.2 Å². The van der Waals surface area contributed by atoms with Crippen LogP contribution in [0.2, 0.25) is 0 Å². The monoisotopic (exact) mass is 156 g/mol. The molecule has 1 N–H and O–H groups in total. The summed E-state index contributed by atoms with van der Waals surface area (Å²) in [6.45, 7) is 2.77. The molecular formula is C9H16O2. The van der Waals surface area contributed by atoms with Crippen molar-refractivity contribution in [3.63, 3.8) is 0 Å². The summed E-state index contributed by atoms with van der Waals surface area (Å²) in [6.07, 6.45) is 7.50. The molecule has 1 aliphatic carbocycles. The number of allylic oxidation sites excluding steroid dienone is 1. The van der Waals surface area contributed by atoms with E-state index in [2.05, 4.69) is 6.92 Å². The molecule has 0 bridgehead atoms. The smallest absolute Gasteiger partial charge is 0.185 e. The molecule has 0 fully saturated rings. The van der Waals surface area contributed by atoms with Crippen LogP contribution in [0.4, 0.5) is 0 Å². The van der Waals surface area contributed by atoms with Crippen LogP contribution in [0, 0.1) is 0 Å². The fourth-order valence-electron chi connectivity index (χ4n) is 1.15. The van der Waals surface area contributed by atoms with E-state index >= 15 is 0 Å². The van der Waals surface area contributed by atoms with Crippen LogP contribution in [-0.4, -0.2) is 17.5 Å². The minimum atomic E-state index is -0.935. The molecule has 0 saturated carbocycles. The van der Waals surface area contributed by atoms with Gasteiger partial charge >= 0.3 is 0 Å². The highest BCUT2D eigenvalue weighted by molar-refractivity contribution is 5.02. The fourth-order valence-corrected chi connectivity index (χ4v) is 1.15. The first kappa shape index (κ1) is 8.75. The molecular weight excluding hydrogens is 140 g/mol. The van der Waals surface area contributed by atoms with Gasteiger partial charge in [-0.2, -0.15) is 0 Å². The third-order valence-electron chi connectivity index (χ3n) is 1.90. The number of hydrogen-bond acceptors (Lipinski definition) is 2. The highest BCUT2D eigenvalue weighted by Crippen LogP contribution is 2.23. The lowest BCUT2D eigenvalue weighted by Crippen LogP contribution is -2.27. The topological polar surface area (TPSA) is 29.5 Å². The van der Waals surface area contributed by atoms with Gasteiger partial charge in [-0.25, -0.2) is 0 Å². The van der Waals surface area contributed by atoms with Crippen molar-refractivity contribution in [2.75, 3.05) is 6.61 Å². The highest BCUT2D eigenvalue weighted by atomic mass is 16.6. The van der Waals surface area contributed by atoms with Gasteiger partial charge in [-0.05, 0) is 18.9 Å². The van der Waals surface area contributed by atoms with Crippen LogP contribution < -0.4 is 0 Å². The zero-order chi connectivity index (χ0) is 8.16. The van der Waals surface area contributed by atoms with Crippen molar-refractivity contribution in [2.45, 2.75) is 38.4 Å². The molecule has 0 aromatic heterocycles. The summed E-state index contributed by atoms with van der Waals surface area (Å²) < 4.78 is 5.30. The van der Waals surface area contributed by atoms with Gasteiger partial charge in [0.2, 0.25) is 0 Å². The normalized spacial score (nSPS) is 29.6. The molecule has 11 heavy (non-hydrogen) atoms. The second-order valence-electron chi connectivity index (χ2n) is 2.99. The molecule has 0 spiro atoms. The maximum absolute atomic E-state index is 9.61. The lowest BCUT2D eigenvalue weighted by atomic mass is 10.2. The van der Waals surface area contributed by atoms with E-state index in [1.807, 2.05) is 6.08 Å². The van der Waals surface area contributed by atoms with E-state index in [0.29, 0.717) is 6.61 Å². The molecule has 1 unspecified atom stereocenters. The first-order chi connectivity index (χ1) is 5.27. The minimum absolute atomic E-state index is 0.664. The Hall–Kier alpha value is -0.340. The molecule has 0 saturated heterocycles. The van der Waals surface area contributed by atoms with Gasteiger partial charge in [0.1, 0.15) is 0 Å². The third-order valence-corrected chi connectivity index (χ3v) is 1.90. The van der Waals surface area contributed by atoms with Crippen LogP contribution in [0.25, 0.3) is 0 Å². The summed E-state index contributed by atoms with van der Waals surface area (Å²) in [5.41, 5.74) is 0. The Kier molecular flexibility index (Phi) is 3.09. The van der Waals surface area contributed by atoms with E-state index in [0.717, 1.165) is 25.7 Å². The van der Waals surface area contributed by atoms with Crippen molar-refractivity contribution in [1.82, 2.24) is 0 Å². The van der Waals surface area contributed by atoms with Gasteiger partial charge in [0.05, 0.1) is 6.61 Å². The Morgan fingerprint density at radius 1 is 1.64 bits per heavy atom. The van der Waals surface area contributed by atoms with E-state index in [1.54, 1.807) is 6.08 Å². The third kappa shape index (κ3) is 2.64. The second-order valence-corrected chi connectivity index (χ2v) is 2.99. The summed E-state index contributed by atoms with van der Waals surface area (Å²) in [5, 5.41) is 9.61. The standard InChI is InChI=1S/C9H16O2/c1-2-3-8-11-9(10)6-4-5-7-9/h4,6,10H,2-3,5,7-8H2,1H3. The van der Waals surface area contributed by atoms with Crippen LogP contribution in [0.5, 0.6) is 0 Å². The zero-order valence-corrected chi connectivity index (χ0v) is 7.05. The van der Waals surface area contributed by atoms with Gasteiger partial charge in [-0.3, -0.25) is 0 Å². The van der Waals surface area contributed by atoms with Crippen LogP contribution in [0.1, 0.15) is 32.6 Å². The van der Waals surface area contributed by atoms with Crippen LogP contribution >= 0.6 is 0 Å². The largest absolute Gasteiger partial charge is 0.362 e. The quantitative estimate of drug-likeness (QED) is 0.382. The molecule has 1 rings (SSSR count). The molecule has 0 aliphatic heterocycles. The Bertz CT molecular complexity index is 142. The lowest BCUT2D eigenvalue weighted by Gasteiger charge is -2.20. The second kappa shape index (κ2) is 3.88. The van der Waals surface area contributed by atoms with Crippen LogP contribution in [-0.2, 0) is 4.74 Å². The van der Waals surface area contributed by atoms with Gasteiger partial charge in [0.25, 0.3) is 0 Å². The zero-order valence-electron chi connectivity index (χ0n) is 7.05. The Labute approximate surface area is 67.9 Å². The van der Waals surface area contributed by atoms with Gasteiger partial charge in [-0.1, -0.05) is 19.4 Å². The van der Waals surface area contributed by atoms with Gasteiger partial charge in [0, 0.05) is 6.42 Å². The predicted octanol–water partition coefficient (Wildman–Crippen LogP) is 1.84. The first-order valence-electron chi connectivity index (χ1n) is 4.31. The SMILES string of the molecule is CCCCOC1(O)C=CCC1. The summed E-state index contributed by atoms with van der Waals surface area (Å²) in [6, 6.07) is 0. The molecule has 0 aromatic rings. The summed E-state index contributed by atoms with van der Waals surface area (Å²) in [7, 11) is 0. The van der Waals surface area contributed by atoms with Crippen LogP contribution in [0.3, 0.4) is 0 Å². The van der Waals surface area contributed by atoms with Gasteiger partial charge < -0.3 is 9.84 Å². The lowest BCUT2D eigenvalue weighted by molar-refractivity contribution is -0.165. The molecule has 0 heterocycles. The molecule has 64 valence electrons. The van der Waals surface area contributed by atoms with E-state index in [4.69, 9.17) is 4.74 Å². The van der Waals surface area contributed by atoms with Crippen molar-refractivity contribution in [2.24, 2.45) is 0 Å². The number of unbranched alkanes of at least 4 members (excludes halogenated alkanes) is 1. The Morgan fingerprint density at radius 3 is 3.00 bits per heavy atom. The molecule has 2 heteroatoms. The van der Waals surface area contributed by atoms with E-state index in [-0.39, 0.29) is 0 Å². The first-order valence-corrected chi connectivity index (χ1v) is 4.31. The maximum Gasteiger partial charge on any atom is 0.185 e. The number of rotatable bonds is 4. The Balaban J connectivity index is 2.18. The maximum atomic E-state index is 9.61. The van der Waals surface area contributed by atoms with E-state index < -0.39 is 5.79 Å². The van der Waals surface area contributed by atoms with Gasteiger partial charge in [-0.15, -0.1) is 0 Å². The van der Waals surface area contributed by atoms with E-state index in [9.17, 15) is 5.11 Å². The number of aliphatic hydroxyl groups is 1. The number of ether oxygens (including phenoxy) is 1. The average molecular weight is 156 g/mol. The van der Waals surface area contributed by atoms with E-state index in [1.165, 1.54) is 0 Å². The highest BCUT2D eigenvalue weighted by Gasteiger charge is 2.26. The Morgan fingerprint density at radius 2 is 2.45 bits per heavy atom. The van der Waals surface area contributed by atoms with Crippen molar-refractivity contribution in [1.29, 1.82) is 0 Å². The molecule has 0 aromatic carbocycles. The van der Waals surface area contributed by atoms with Crippen molar-refractivity contribution in [3.8, 4) is 0 Å². The molecule has 1 atom stereocenters. The molecule has 2 nitrogen and oxygen atoms in total. The van der Waals surface area contributed by atoms with Crippen molar-refractivity contribution < 1.29 is 9.84 Å². The summed E-state index contributed by atoms with van der Waals surface area (Å²) in [4.78, 5) is 0. The summed E-state index contributed by atoms with van der Waals surface area (Å²) >= 11 is 0. The number of hydrogen-bond donors (Lipinski definition) is 1. The molecule has 0 amide bonds. The minimum Gasteiger partial charge on any atom is -0.362 e. The summed E-state index contributed by atoms with van der Waals surface area (Å²) in [5.74, 6) is -0.935. The van der Waals surface area contributed by atoms with Gasteiger partial charge in [0.15, 0.2) is 5.79 Å². The van der Waals surface area contributed by atoms with Crippen molar-refractivity contribution >= 4 is 0 Å². The fraction of sp³-hybridized carbons (Fsp3) is 0.778. The van der Waals surface area contributed by atoms with Crippen LogP contribution in [0.15, 0.2) is 12.2 Å². The molecule has 1 aliphatic rings. The molecule has 0 radical (unpaired) electrons. The predicted molar refractivity (Wildman–Crippen MR) is 44.2 cm³/mol.